The summed E-state index contributed by atoms with van der Waals surface area (Å²) in [5.41, 5.74) is 10.1. The van der Waals surface area contributed by atoms with Gasteiger partial charge in [-0.05, 0) is 43.3 Å². The lowest BCUT2D eigenvalue weighted by Crippen LogP contribution is -2.14. The molecule has 0 aliphatic rings. The van der Waals surface area contributed by atoms with E-state index in [1.807, 2.05) is 13.0 Å². The van der Waals surface area contributed by atoms with Gasteiger partial charge in [0, 0.05) is 10.4 Å². The minimum Gasteiger partial charge on any atom is -0.494 e. The van der Waals surface area contributed by atoms with E-state index < -0.39 is 0 Å². The van der Waals surface area contributed by atoms with E-state index in [1.54, 1.807) is 11.3 Å². The molecule has 2 rings (SSSR count). The summed E-state index contributed by atoms with van der Waals surface area (Å²) in [6.07, 6.45) is 1.02. The fourth-order valence-corrected chi connectivity index (χ4v) is 3.27. The van der Waals surface area contributed by atoms with Crippen molar-refractivity contribution in [2.24, 2.45) is 5.73 Å². The topological polar surface area (TPSA) is 35.2 Å². The Balaban J connectivity index is 2.42. The molecule has 0 fully saturated rings. The standard InChI is InChI=1S/C16H21NOS/c1-4-12-8-9-19-16(12)15(17)13-10-11(3)6-7-14(13)18-5-2/h6-10,15H,4-5,17H2,1-3H3. The molecule has 0 saturated carbocycles. The molecule has 0 radical (unpaired) electrons. The third-order valence-corrected chi connectivity index (χ3v) is 4.29. The second kappa shape index (κ2) is 6.22. The normalized spacial score (nSPS) is 12.4. The first-order valence-electron chi connectivity index (χ1n) is 6.72. The van der Waals surface area contributed by atoms with Crippen LogP contribution in [0.25, 0.3) is 0 Å². The maximum absolute atomic E-state index is 6.47. The first-order chi connectivity index (χ1) is 9.17. The van der Waals surface area contributed by atoms with Crippen molar-refractivity contribution in [3.8, 4) is 5.75 Å². The Labute approximate surface area is 119 Å². The zero-order valence-electron chi connectivity index (χ0n) is 11.8. The third kappa shape index (κ3) is 2.99. The van der Waals surface area contributed by atoms with Crippen molar-refractivity contribution in [3.05, 3.63) is 51.2 Å². The lowest BCUT2D eigenvalue weighted by atomic mass is 9.99. The Hall–Kier alpha value is -1.32. The summed E-state index contributed by atoms with van der Waals surface area (Å²) >= 11 is 1.73. The van der Waals surface area contributed by atoms with E-state index in [0.717, 1.165) is 17.7 Å². The van der Waals surface area contributed by atoms with Gasteiger partial charge in [-0.1, -0.05) is 24.6 Å². The smallest absolute Gasteiger partial charge is 0.124 e. The van der Waals surface area contributed by atoms with Crippen LogP contribution in [0.1, 0.15) is 41.5 Å². The Morgan fingerprint density at radius 1 is 1.26 bits per heavy atom. The lowest BCUT2D eigenvalue weighted by Gasteiger charge is -2.17. The molecule has 1 unspecified atom stereocenters. The first kappa shape index (κ1) is 14.1. The fraction of sp³-hybridized carbons (Fsp3) is 0.375. The molecule has 19 heavy (non-hydrogen) atoms. The van der Waals surface area contributed by atoms with E-state index >= 15 is 0 Å². The van der Waals surface area contributed by atoms with E-state index in [4.69, 9.17) is 10.5 Å². The molecule has 0 saturated heterocycles. The van der Waals surface area contributed by atoms with Gasteiger partial charge in [0.25, 0.3) is 0 Å². The van der Waals surface area contributed by atoms with Crippen LogP contribution in [0.2, 0.25) is 0 Å². The van der Waals surface area contributed by atoms with Gasteiger partial charge in [0.05, 0.1) is 12.6 Å². The summed E-state index contributed by atoms with van der Waals surface area (Å²) in [6.45, 7) is 6.91. The highest BCUT2D eigenvalue weighted by atomic mass is 32.1. The van der Waals surface area contributed by atoms with Crippen molar-refractivity contribution in [1.82, 2.24) is 0 Å². The van der Waals surface area contributed by atoms with E-state index in [9.17, 15) is 0 Å². The van der Waals surface area contributed by atoms with Crippen molar-refractivity contribution in [2.45, 2.75) is 33.2 Å². The molecule has 0 amide bonds. The van der Waals surface area contributed by atoms with Crippen LogP contribution in [0.4, 0.5) is 0 Å². The molecule has 102 valence electrons. The molecule has 1 aromatic heterocycles. The van der Waals surface area contributed by atoms with Gasteiger partial charge in [-0.2, -0.15) is 0 Å². The molecule has 3 heteroatoms. The van der Waals surface area contributed by atoms with E-state index in [-0.39, 0.29) is 6.04 Å². The van der Waals surface area contributed by atoms with Crippen molar-refractivity contribution in [3.63, 3.8) is 0 Å². The number of aryl methyl sites for hydroxylation is 2. The van der Waals surface area contributed by atoms with Gasteiger partial charge in [0.15, 0.2) is 0 Å². The predicted molar refractivity (Wildman–Crippen MR) is 82.1 cm³/mol. The maximum Gasteiger partial charge on any atom is 0.124 e. The van der Waals surface area contributed by atoms with Crippen LogP contribution in [0, 0.1) is 6.92 Å². The summed E-state index contributed by atoms with van der Waals surface area (Å²) in [4.78, 5) is 1.24. The van der Waals surface area contributed by atoms with Crippen LogP contribution in [-0.2, 0) is 6.42 Å². The zero-order valence-corrected chi connectivity index (χ0v) is 12.6. The number of hydrogen-bond acceptors (Lipinski definition) is 3. The Morgan fingerprint density at radius 2 is 2.05 bits per heavy atom. The summed E-state index contributed by atoms with van der Waals surface area (Å²) in [5, 5.41) is 2.12. The summed E-state index contributed by atoms with van der Waals surface area (Å²) in [5.74, 6) is 0.899. The maximum atomic E-state index is 6.47. The van der Waals surface area contributed by atoms with Crippen LogP contribution in [-0.4, -0.2) is 6.61 Å². The average molecular weight is 275 g/mol. The monoisotopic (exact) mass is 275 g/mol. The number of hydrogen-bond donors (Lipinski definition) is 1. The molecule has 0 bridgehead atoms. The van der Waals surface area contributed by atoms with Crippen LogP contribution >= 0.6 is 11.3 Å². The molecule has 1 heterocycles. The number of nitrogens with two attached hydrogens (primary N) is 1. The molecular weight excluding hydrogens is 254 g/mol. The van der Waals surface area contributed by atoms with Crippen LogP contribution in [0.5, 0.6) is 5.75 Å². The van der Waals surface area contributed by atoms with Gasteiger partial charge in [-0.25, -0.2) is 0 Å². The number of rotatable bonds is 5. The van der Waals surface area contributed by atoms with Gasteiger partial charge in [-0.3, -0.25) is 0 Å². The molecule has 2 nitrogen and oxygen atoms in total. The number of benzene rings is 1. The SMILES string of the molecule is CCOc1ccc(C)cc1C(N)c1sccc1CC. The third-order valence-electron chi connectivity index (χ3n) is 3.24. The van der Waals surface area contributed by atoms with E-state index in [1.165, 1.54) is 16.0 Å². The highest BCUT2D eigenvalue weighted by molar-refractivity contribution is 7.10. The molecule has 0 aliphatic carbocycles. The minimum atomic E-state index is -0.101. The fourth-order valence-electron chi connectivity index (χ4n) is 2.25. The molecule has 1 aromatic carbocycles. The highest BCUT2D eigenvalue weighted by Gasteiger charge is 2.18. The quantitative estimate of drug-likeness (QED) is 0.893. The average Bonchev–Trinajstić information content (AvgIpc) is 2.88. The van der Waals surface area contributed by atoms with Crippen LogP contribution in [0.3, 0.4) is 0 Å². The summed E-state index contributed by atoms with van der Waals surface area (Å²) in [6, 6.07) is 8.28. The van der Waals surface area contributed by atoms with Gasteiger partial charge in [0.2, 0.25) is 0 Å². The van der Waals surface area contributed by atoms with Crippen molar-refractivity contribution >= 4 is 11.3 Å². The molecule has 2 N–H and O–H groups in total. The Morgan fingerprint density at radius 3 is 2.74 bits per heavy atom. The molecule has 2 aromatic rings. The number of thiophene rings is 1. The largest absolute Gasteiger partial charge is 0.494 e. The first-order valence-corrected chi connectivity index (χ1v) is 7.60. The second-order valence-electron chi connectivity index (χ2n) is 4.62. The highest BCUT2D eigenvalue weighted by Crippen LogP contribution is 2.34. The van der Waals surface area contributed by atoms with Gasteiger partial charge in [0.1, 0.15) is 5.75 Å². The predicted octanol–water partition coefficient (Wildman–Crippen LogP) is 4.07. The molecule has 0 aliphatic heterocycles. The Bertz CT molecular complexity index is 547. The molecule has 1 atom stereocenters. The number of ether oxygens (including phenoxy) is 1. The molecule has 0 spiro atoms. The summed E-state index contributed by atoms with van der Waals surface area (Å²) < 4.78 is 5.71. The van der Waals surface area contributed by atoms with E-state index in [2.05, 4.69) is 37.4 Å². The minimum absolute atomic E-state index is 0.101. The van der Waals surface area contributed by atoms with Gasteiger partial charge < -0.3 is 10.5 Å². The van der Waals surface area contributed by atoms with Crippen molar-refractivity contribution < 1.29 is 4.74 Å². The van der Waals surface area contributed by atoms with Crippen molar-refractivity contribution in [2.75, 3.05) is 6.61 Å². The molecular formula is C16H21NOS. The van der Waals surface area contributed by atoms with Gasteiger partial charge >= 0.3 is 0 Å². The van der Waals surface area contributed by atoms with Crippen molar-refractivity contribution in [1.29, 1.82) is 0 Å². The van der Waals surface area contributed by atoms with Gasteiger partial charge in [-0.15, -0.1) is 11.3 Å². The second-order valence-corrected chi connectivity index (χ2v) is 5.56. The van der Waals surface area contributed by atoms with Crippen LogP contribution in [0.15, 0.2) is 29.6 Å². The summed E-state index contributed by atoms with van der Waals surface area (Å²) in [7, 11) is 0. The van der Waals surface area contributed by atoms with E-state index in [0.29, 0.717) is 6.61 Å². The zero-order chi connectivity index (χ0) is 13.8. The van der Waals surface area contributed by atoms with Crippen LogP contribution < -0.4 is 10.5 Å². The Kier molecular flexibility index (Phi) is 4.61. The lowest BCUT2D eigenvalue weighted by molar-refractivity contribution is 0.335.